The molecule has 3 heteroatoms. The molecule has 0 radical (unpaired) electrons. The molecule has 0 saturated heterocycles. The number of aryl methyl sites for hydroxylation is 1. The number of nitrogens with zero attached hydrogens (tertiary/aromatic N) is 2. The van der Waals surface area contributed by atoms with Gasteiger partial charge in [-0.1, -0.05) is 24.3 Å². The van der Waals surface area contributed by atoms with Gasteiger partial charge in [-0.05, 0) is 48.6 Å². The molecule has 1 heterocycles. The minimum Gasteiger partial charge on any atom is -0.305 e. The molecule has 0 unspecified atom stereocenters. The Morgan fingerprint density at radius 1 is 1.14 bits per heavy atom. The number of aromatic nitrogens is 1. The maximum Gasteiger partial charge on any atom is 0.0719 e. The van der Waals surface area contributed by atoms with Crippen LogP contribution in [0.5, 0.6) is 0 Å². The summed E-state index contributed by atoms with van der Waals surface area (Å²) in [5.74, 6) is 0. The van der Waals surface area contributed by atoms with Gasteiger partial charge in [0.25, 0.3) is 0 Å². The Morgan fingerprint density at radius 2 is 1.91 bits per heavy atom. The van der Waals surface area contributed by atoms with Crippen molar-refractivity contribution in [3.63, 3.8) is 0 Å². The largest absolute Gasteiger partial charge is 0.305 e. The van der Waals surface area contributed by atoms with E-state index in [9.17, 15) is 0 Å². The molecule has 3 nitrogen and oxygen atoms in total. The molecule has 1 aromatic carbocycles. The second-order valence-corrected chi connectivity index (χ2v) is 5.36. The van der Waals surface area contributed by atoms with Crippen molar-refractivity contribution in [2.24, 2.45) is 4.99 Å². The third-order valence-corrected chi connectivity index (χ3v) is 4.11. The number of allylic oxidation sites excluding steroid dienone is 2. The van der Waals surface area contributed by atoms with E-state index in [-0.39, 0.29) is 0 Å². The Bertz CT molecular complexity index is 771. The lowest BCUT2D eigenvalue weighted by atomic mass is 9.94. The quantitative estimate of drug-likeness (QED) is 0.855. The van der Waals surface area contributed by atoms with E-state index in [2.05, 4.69) is 34.3 Å². The first kappa shape index (κ1) is 14.4. The van der Waals surface area contributed by atoms with E-state index in [1.165, 1.54) is 5.56 Å². The molecule has 1 N–H and O–H groups in total. The number of hydrogen-bond acceptors (Lipinski definition) is 3. The van der Waals surface area contributed by atoms with E-state index in [0.29, 0.717) is 0 Å². The van der Waals surface area contributed by atoms with E-state index in [0.717, 1.165) is 46.5 Å². The predicted molar refractivity (Wildman–Crippen MR) is 91.9 cm³/mol. The normalized spacial score (nSPS) is 15.1. The minimum atomic E-state index is 0.752. The number of pyridine rings is 1. The summed E-state index contributed by atoms with van der Waals surface area (Å²) >= 11 is 0. The van der Waals surface area contributed by atoms with Crippen LogP contribution in [0.2, 0.25) is 0 Å². The van der Waals surface area contributed by atoms with E-state index in [1.54, 1.807) is 12.4 Å². The van der Waals surface area contributed by atoms with Crippen LogP contribution < -0.4 is 0 Å². The average Bonchev–Trinajstić information content (AvgIpc) is 2.94. The van der Waals surface area contributed by atoms with Gasteiger partial charge < -0.3 is 5.41 Å². The Balaban J connectivity index is 2.04. The molecule has 1 aliphatic carbocycles. The van der Waals surface area contributed by atoms with Gasteiger partial charge in [-0.25, -0.2) is 0 Å². The van der Waals surface area contributed by atoms with Crippen molar-refractivity contribution in [2.75, 3.05) is 7.05 Å². The molecule has 110 valence electrons. The van der Waals surface area contributed by atoms with Gasteiger partial charge in [0, 0.05) is 36.3 Å². The van der Waals surface area contributed by atoms with Crippen LogP contribution in [0.4, 0.5) is 0 Å². The Hall–Kier alpha value is -2.55. The number of hydrogen-bond donors (Lipinski definition) is 1. The van der Waals surface area contributed by atoms with E-state index >= 15 is 0 Å². The van der Waals surface area contributed by atoms with Crippen molar-refractivity contribution < 1.29 is 0 Å². The zero-order valence-electron chi connectivity index (χ0n) is 12.9. The maximum absolute atomic E-state index is 7.96. The summed E-state index contributed by atoms with van der Waals surface area (Å²) in [7, 11) is 1.82. The zero-order valence-corrected chi connectivity index (χ0v) is 12.9. The van der Waals surface area contributed by atoms with Gasteiger partial charge in [0.15, 0.2) is 0 Å². The molecule has 0 amide bonds. The summed E-state index contributed by atoms with van der Waals surface area (Å²) in [6, 6.07) is 10.3. The van der Waals surface area contributed by atoms with E-state index in [1.807, 2.05) is 26.1 Å². The van der Waals surface area contributed by atoms with Gasteiger partial charge in [0.05, 0.1) is 5.71 Å². The fraction of sp³-hybridized carbons (Fsp3) is 0.211. The molecule has 0 spiro atoms. The summed E-state index contributed by atoms with van der Waals surface area (Å²) in [5.41, 5.74) is 7.44. The summed E-state index contributed by atoms with van der Waals surface area (Å²) in [5, 5.41) is 7.96. The first-order valence-corrected chi connectivity index (χ1v) is 7.49. The van der Waals surface area contributed by atoms with Crippen molar-refractivity contribution in [2.45, 2.75) is 19.8 Å². The molecule has 0 saturated carbocycles. The molecule has 1 aliphatic rings. The highest BCUT2D eigenvalue weighted by molar-refractivity contribution is 6.31. The Labute approximate surface area is 131 Å². The van der Waals surface area contributed by atoms with Crippen molar-refractivity contribution >= 4 is 17.0 Å². The zero-order chi connectivity index (χ0) is 15.5. The third-order valence-electron chi connectivity index (χ3n) is 4.11. The van der Waals surface area contributed by atoms with Crippen LogP contribution >= 0.6 is 0 Å². The van der Waals surface area contributed by atoms with Crippen LogP contribution in [0.1, 0.15) is 35.6 Å². The number of aliphatic imine (C=N–C) groups is 1. The average molecular weight is 289 g/mol. The second kappa shape index (κ2) is 6.06. The monoisotopic (exact) mass is 289 g/mol. The molecule has 0 atom stereocenters. The van der Waals surface area contributed by atoms with E-state index < -0.39 is 0 Å². The SMILES string of the molecule is C/C=C(\C(=N/C)c1ccncc1)c1ccc2c(c1)CCC2=N. The van der Waals surface area contributed by atoms with Gasteiger partial charge in [-0.15, -0.1) is 0 Å². The standard InChI is InChI=1S/C19H19N3/c1-3-16(19(21-2)13-8-10-22-11-9-13)14-4-6-17-15(12-14)5-7-18(17)20/h3-4,6,8-12,20H,5,7H2,1-2H3/b16-3-,20-18?,21-19-. The third kappa shape index (κ3) is 2.50. The maximum atomic E-state index is 7.96. The molecular formula is C19H19N3. The smallest absolute Gasteiger partial charge is 0.0719 e. The van der Waals surface area contributed by atoms with Crippen LogP contribution in [0.15, 0.2) is 53.8 Å². The lowest BCUT2D eigenvalue weighted by Crippen LogP contribution is -2.05. The van der Waals surface area contributed by atoms with Gasteiger partial charge in [0.1, 0.15) is 0 Å². The van der Waals surface area contributed by atoms with Crippen LogP contribution in [-0.2, 0) is 6.42 Å². The van der Waals surface area contributed by atoms with Gasteiger partial charge >= 0.3 is 0 Å². The van der Waals surface area contributed by atoms with Gasteiger partial charge in [-0.3, -0.25) is 9.98 Å². The molecule has 0 aliphatic heterocycles. The fourth-order valence-electron chi connectivity index (χ4n) is 3.01. The summed E-state index contributed by atoms with van der Waals surface area (Å²) in [6.07, 6.45) is 7.50. The summed E-state index contributed by atoms with van der Waals surface area (Å²) < 4.78 is 0. The number of rotatable bonds is 3. The van der Waals surface area contributed by atoms with Crippen molar-refractivity contribution in [1.82, 2.24) is 4.98 Å². The highest BCUT2D eigenvalue weighted by Crippen LogP contribution is 2.27. The summed E-state index contributed by atoms with van der Waals surface area (Å²) in [6.45, 7) is 2.04. The molecule has 3 rings (SSSR count). The van der Waals surface area contributed by atoms with E-state index in [4.69, 9.17) is 5.41 Å². The first-order chi connectivity index (χ1) is 10.7. The van der Waals surface area contributed by atoms with Crippen LogP contribution in [0.25, 0.3) is 5.57 Å². The highest BCUT2D eigenvalue weighted by atomic mass is 14.7. The Morgan fingerprint density at radius 3 is 2.59 bits per heavy atom. The number of fused-ring (bicyclic) bond motifs is 1. The lowest BCUT2D eigenvalue weighted by molar-refractivity contribution is 1.09. The van der Waals surface area contributed by atoms with Gasteiger partial charge in [-0.2, -0.15) is 0 Å². The lowest BCUT2D eigenvalue weighted by Gasteiger charge is -2.12. The van der Waals surface area contributed by atoms with Crippen LogP contribution in [-0.4, -0.2) is 23.5 Å². The van der Waals surface area contributed by atoms with Crippen molar-refractivity contribution in [3.8, 4) is 0 Å². The minimum absolute atomic E-state index is 0.752. The van der Waals surface area contributed by atoms with Crippen molar-refractivity contribution in [3.05, 3.63) is 71.1 Å². The number of nitrogens with one attached hydrogen (secondary N) is 1. The highest BCUT2D eigenvalue weighted by Gasteiger charge is 2.18. The predicted octanol–water partition coefficient (Wildman–Crippen LogP) is 3.92. The van der Waals surface area contributed by atoms with Gasteiger partial charge in [0.2, 0.25) is 0 Å². The molecule has 22 heavy (non-hydrogen) atoms. The molecule has 2 aromatic rings. The topological polar surface area (TPSA) is 49.1 Å². The van der Waals surface area contributed by atoms with Crippen LogP contribution in [0.3, 0.4) is 0 Å². The molecular weight excluding hydrogens is 270 g/mol. The summed E-state index contributed by atoms with van der Waals surface area (Å²) in [4.78, 5) is 8.57. The van der Waals surface area contributed by atoms with Crippen molar-refractivity contribution in [1.29, 1.82) is 5.41 Å². The fourth-order valence-corrected chi connectivity index (χ4v) is 3.01. The molecule has 1 aromatic heterocycles. The first-order valence-electron chi connectivity index (χ1n) is 7.49. The molecule has 0 fully saturated rings. The second-order valence-electron chi connectivity index (χ2n) is 5.36. The van der Waals surface area contributed by atoms with Crippen LogP contribution in [0, 0.1) is 5.41 Å². The number of benzene rings is 1. The molecule has 0 bridgehead atoms. The Kier molecular flexibility index (Phi) is 3.96.